The lowest BCUT2D eigenvalue weighted by Crippen LogP contribution is -2.08. The molecule has 3 rings (SSSR count). The number of hydrogen-bond acceptors (Lipinski definition) is 1. The van der Waals surface area contributed by atoms with Crippen LogP contribution in [0.2, 0.25) is 5.02 Å². The summed E-state index contributed by atoms with van der Waals surface area (Å²) in [5.74, 6) is 0. The van der Waals surface area contributed by atoms with Gasteiger partial charge in [0.25, 0.3) is 0 Å². The molecule has 0 aromatic heterocycles. The number of benzene rings is 2. The van der Waals surface area contributed by atoms with Crippen LogP contribution in [0.1, 0.15) is 29.5 Å². The fraction of sp³-hybridized carbons (Fsp3) is 0.250. The average Bonchev–Trinajstić information content (AvgIpc) is 3.21. The summed E-state index contributed by atoms with van der Waals surface area (Å²) < 4.78 is 0. The van der Waals surface area contributed by atoms with Gasteiger partial charge in [-0.05, 0) is 41.7 Å². The van der Waals surface area contributed by atoms with Crippen molar-refractivity contribution in [1.82, 2.24) is 0 Å². The summed E-state index contributed by atoms with van der Waals surface area (Å²) in [4.78, 5) is 0. The van der Waals surface area contributed by atoms with Gasteiger partial charge in [0.2, 0.25) is 0 Å². The molecule has 2 aromatic carbocycles. The van der Waals surface area contributed by atoms with Crippen molar-refractivity contribution in [3.63, 3.8) is 0 Å². The van der Waals surface area contributed by atoms with Gasteiger partial charge in [-0.2, -0.15) is 0 Å². The maximum absolute atomic E-state index is 5.95. The van der Waals surface area contributed by atoms with Gasteiger partial charge < -0.3 is 5.73 Å². The van der Waals surface area contributed by atoms with Crippen molar-refractivity contribution in [2.45, 2.75) is 24.8 Å². The van der Waals surface area contributed by atoms with E-state index in [0.717, 1.165) is 5.02 Å². The van der Waals surface area contributed by atoms with Crippen LogP contribution in [0.4, 0.5) is 0 Å². The van der Waals surface area contributed by atoms with E-state index in [1.54, 1.807) is 0 Å². The van der Waals surface area contributed by atoms with Crippen molar-refractivity contribution in [3.05, 3.63) is 70.2 Å². The molecule has 1 saturated carbocycles. The quantitative estimate of drug-likeness (QED) is 0.887. The van der Waals surface area contributed by atoms with Gasteiger partial charge in [0.15, 0.2) is 0 Å². The van der Waals surface area contributed by atoms with E-state index in [9.17, 15) is 0 Å². The largest absolute Gasteiger partial charge is 0.326 e. The average molecular weight is 258 g/mol. The molecular weight excluding hydrogens is 242 g/mol. The molecule has 0 bridgehead atoms. The van der Waals surface area contributed by atoms with Crippen LogP contribution in [0, 0.1) is 0 Å². The number of rotatable bonds is 3. The molecule has 0 unspecified atom stereocenters. The third kappa shape index (κ3) is 1.94. The summed E-state index contributed by atoms with van der Waals surface area (Å²) in [7, 11) is 0. The minimum absolute atomic E-state index is 0.220. The van der Waals surface area contributed by atoms with Crippen LogP contribution in [0.15, 0.2) is 48.5 Å². The van der Waals surface area contributed by atoms with Crippen LogP contribution >= 0.6 is 11.6 Å². The topological polar surface area (TPSA) is 26.0 Å². The van der Waals surface area contributed by atoms with Crippen LogP contribution < -0.4 is 5.73 Å². The standard InChI is InChI=1S/C16H16ClN/c17-15-7-5-14(6-8-15)16(9-10-16)13-3-1-12(11-18)2-4-13/h1-8H,9-11,18H2. The van der Waals surface area contributed by atoms with Crippen LogP contribution in [0.25, 0.3) is 0 Å². The SMILES string of the molecule is NCc1ccc(C2(c3ccc(Cl)cc3)CC2)cc1. The second-order valence-electron chi connectivity index (χ2n) is 4.99. The molecule has 1 aliphatic carbocycles. The Bertz CT molecular complexity index is 538. The molecule has 2 heteroatoms. The molecule has 0 spiro atoms. The Kier molecular flexibility index (Phi) is 2.89. The van der Waals surface area contributed by atoms with Gasteiger partial charge in [0, 0.05) is 17.0 Å². The fourth-order valence-electron chi connectivity index (χ4n) is 2.60. The molecule has 0 amide bonds. The van der Waals surface area contributed by atoms with E-state index in [1.165, 1.54) is 29.5 Å². The minimum atomic E-state index is 0.220. The molecule has 0 atom stereocenters. The highest BCUT2D eigenvalue weighted by Crippen LogP contribution is 2.53. The van der Waals surface area contributed by atoms with Gasteiger partial charge in [0.1, 0.15) is 0 Å². The van der Waals surface area contributed by atoms with Crippen molar-refractivity contribution in [2.75, 3.05) is 0 Å². The first-order valence-corrected chi connectivity index (χ1v) is 6.68. The Morgan fingerprint density at radius 3 is 1.83 bits per heavy atom. The molecule has 92 valence electrons. The number of halogens is 1. The maximum Gasteiger partial charge on any atom is 0.0406 e. The Labute approximate surface area is 113 Å². The molecule has 1 aliphatic rings. The van der Waals surface area contributed by atoms with Gasteiger partial charge in [-0.15, -0.1) is 0 Å². The van der Waals surface area contributed by atoms with Gasteiger partial charge >= 0.3 is 0 Å². The first-order valence-electron chi connectivity index (χ1n) is 6.30. The lowest BCUT2D eigenvalue weighted by Gasteiger charge is -2.17. The second-order valence-corrected chi connectivity index (χ2v) is 5.43. The van der Waals surface area contributed by atoms with Gasteiger partial charge in [-0.25, -0.2) is 0 Å². The van der Waals surface area contributed by atoms with E-state index in [-0.39, 0.29) is 5.41 Å². The van der Waals surface area contributed by atoms with E-state index in [0.29, 0.717) is 6.54 Å². The molecule has 0 aliphatic heterocycles. The Hall–Kier alpha value is -1.31. The van der Waals surface area contributed by atoms with Crippen LogP contribution in [0.3, 0.4) is 0 Å². The third-order valence-electron chi connectivity index (χ3n) is 3.89. The predicted molar refractivity (Wildman–Crippen MR) is 75.8 cm³/mol. The Morgan fingerprint density at radius 1 is 0.889 bits per heavy atom. The zero-order valence-corrected chi connectivity index (χ0v) is 11.0. The van der Waals surface area contributed by atoms with Gasteiger partial charge in [0.05, 0.1) is 0 Å². The molecule has 18 heavy (non-hydrogen) atoms. The molecule has 2 aromatic rings. The number of hydrogen-bond donors (Lipinski definition) is 1. The van der Waals surface area contributed by atoms with E-state index >= 15 is 0 Å². The highest BCUT2D eigenvalue weighted by molar-refractivity contribution is 6.30. The molecule has 0 radical (unpaired) electrons. The van der Waals surface area contributed by atoms with Crippen molar-refractivity contribution in [2.24, 2.45) is 5.73 Å². The molecule has 1 fully saturated rings. The third-order valence-corrected chi connectivity index (χ3v) is 4.14. The smallest absolute Gasteiger partial charge is 0.0406 e. The Morgan fingerprint density at radius 2 is 1.39 bits per heavy atom. The highest BCUT2D eigenvalue weighted by atomic mass is 35.5. The van der Waals surface area contributed by atoms with E-state index in [1.807, 2.05) is 12.1 Å². The number of nitrogens with two attached hydrogens (primary N) is 1. The lowest BCUT2D eigenvalue weighted by molar-refractivity contribution is 0.845. The normalized spacial score (nSPS) is 16.6. The van der Waals surface area contributed by atoms with E-state index in [4.69, 9.17) is 17.3 Å². The minimum Gasteiger partial charge on any atom is -0.326 e. The van der Waals surface area contributed by atoms with E-state index < -0.39 is 0 Å². The summed E-state index contributed by atoms with van der Waals surface area (Å²) in [6.45, 7) is 0.605. The maximum atomic E-state index is 5.95. The summed E-state index contributed by atoms with van der Waals surface area (Å²) in [5, 5.41) is 0.799. The zero-order chi connectivity index (χ0) is 12.6. The summed E-state index contributed by atoms with van der Waals surface area (Å²) in [6, 6.07) is 16.9. The fourth-order valence-corrected chi connectivity index (χ4v) is 2.72. The first kappa shape index (κ1) is 11.8. The summed E-state index contributed by atoms with van der Waals surface area (Å²) in [5.41, 5.74) is 9.80. The molecule has 2 N–H and O–H groups in total. The monoisotopic (exact) mass is 257 g/mol. The zero-order valence-electron chi connectivity index (χ0n) is 10.2. The summed E-state index contributed by atoms with van der Waals surface area (Å²) in [6.07, 6.45) is 2.44. The van der Waals surface area contributed by atoms with Crippen molar-refractivity contribution in [1.29, 1.82) is 0 Å². The van der Waals surface area contributed by atoms with Crippen LogP contribution in [-0.2, 0) is 12.0 Å². The predicted octanol–water partition coefficient (Wildman–Crippen LogP) is 3.88. The van der Waals surface area contributed by atoms with Gasteiger partial charge in [-0.3, -0.25) is 0 Å². The van der Waals surface area contributed by atoms with Crippen molar-refractivity contribution < 1.29 is 0 Å². The molecular formula is C16H16ClN. The van der Waals surface area contributed by atoms with Crippen LogP contribution in [0.5, 0.6) is 0 Å². The van der Waals surface area contributed by atoms with Crippen molar-refractivity contribution in [3.8, 4) is 0 Å². The summed E-state index contributed by atoms with van der Waals surface area (Å²) >= 11 is 5.95. The lowest BCUT2D eigenvalue weighted by atomic mass is 9.88. The van der Waals surface area contributed by atoms with E-state index in [2.05, 4.69) is 36.4 Å². The molecule has 0 saturated heterocycles. The second kappa shape index (κ2) is 4.42. The first-order chi connectivity index (χ1) is 8.74. The van der Waals surface area contributed by atoms with Crippen molar-refractivity contribution >= 4 is 11.6 Å². The molecule has 1 nitrogen and oxygen atoms in total. The van der Waals surface area contributed by atoms with Gasteiger partial charge in [-0.1, -0.05) is 48.0 Å². The van der Waals surface area contributed by atoms with Crippen LogP contribution in [-0.4, -0.2) is 0 Å². The molecule has 0 heterocycles. The Balaban J connectivity index is 1.96. The highest BCUT2D eigenvalue weighted by Gasteiger charge is 2.45.